The molecule has 0 saturated heterocycles. The van der Waals surface area contributed by atoms with Crippen molar-refractivity contribution in [3.63, 3.8) is 0 Å². The maximum Gasteiger partial charge on any atom is 2.00 e. The van der Waals surface area contributed by atoms with E-state index in [1.165, 1.54) is 0 Å². The molecule has 100 valence electrons. The molecule has 0 unspecified atom stereocenters. The van der Waals surface area contributed by atoms with Crippen LogP contribution in [0.1, 0.15) is 0 Å². The van der Waals surface area contributed by atoms with Crippen molar-refractivity contribution in [3.05, 3.63) is 48.8 Å². The van der Waals surface area contributed by atoms with Crippen molar-refractivity contribution < 1.29 is 29.7 Å². The van der Waals surface area contributed by atoms with Crippen LogP contribution in [0.5, 0.6) is 0 Å². The molecule has 0 atom stereocenters. The van der Waals surface area contributed by atoms with Crippen LogP contribution < -0.4 is 0 Å². The van der Waals surface area contributed by atoms with Gasteiger partial charge in [-0.3, -0.25) is 9.97 Å². The number of pyridine rings is 2. The van der Waals surface area contributed by atoms with Gasteiger partial charge in [0.15, 0.2) is 0 Å². The maximum absolute atomic E-state index is 7.00. The smallest absolute Gasteiger partial charge is 0.760 e. The SMILES string of the molecule is CO.CO.[S-]c1ccccn1.[S-]c1ccccn1.[Zn+2]. The Hall–Kier alpha value is -0.717. The zero-order valence-electron chi connectivity index (χ0n) is 10.9. The third-order valence-corrected chi connectivity index (χ3v) is 1.76. The van der Waals surface area contributed by atoms with Crippen LogP contribution in [0.2, 0.25) is 0 Å². The number of hydrogen-bond acceptors (Lipinski definition) is 6. The van der Waals surface area contributed by atoms with E-state index in [1.807, 2.05) is 24.3 Å². The fraction of sp³-hybridized carbons (Fsp3) is 0.167. The number of rotatable bonds is 0. The molecule has 2 rings (SSSR count). The first kappa shape index (κ1) is 23.4. The summed E-state index contributed by atoms with van der Waals surface area (Å²) in [7, 11) is 2.00. The topological polar surface area (TPSA) is 66.2 Å². The van der Waals surface area contributed by atoms with Gasteiger partial charge in [-0.2, -0.15) is 0 Å². The van der Waals surface area contributed by atoms with E-state index < -0.39 is 0 Å². The Kier molecular flexibility index (Phi) is 24.1. The van der Waals surface area contributed by atoms with Crippen LogP contribution >= 0.6 is 0 Å². The average Bonchev–Trinajstić information content (AvgIpc) is 2.46. The molecule has 0 fully saturated rings. The van der Waals surface area contributed by atoms with Crippen molar-refractivity contribution in [2.75, 3.05) is 14.2 Å². The van der Waals surface area contributed by atoms with Crippen molar-refractivity contribution in [2.45, 2.75) is 10.1 Å². The first-order chi connectivity index (χ1) is 8.79. The standard InChI is InChI=1S/2C5H5NS.2CH4O.Zn/c2*7-5-3-1-2-4-6-5;2*1-2;/h2*1-4H,(H,6,7);2*2H,1H3;/q;;;;+2/p-2. The minimum atomic E-state index is 0. The molecule has 19 heavy (non-hydrogen) atoms. The normalized spacial score (nSPS) is 6.95. The number of nitrogens with zero attached hydrogens (tertiary/aromatic N) is 2. The van der Waals surface area contributed by atoms with Crippen LogP contribution in [0.4, 0.5) is 0 Å². The maximum atomic E-state index is 7.00. The molecule has 0 aliphatic heterocycles. The minimum absolute atomic E-state index is 0. The molecule has 0 aliphatic carbocycles. The number of aromatic nitrogens is 2. The van der Waals surface area contributed by atoms with Gasteiger partial charge in [-0.25, -0.2) is 0 Å². The summed E-state index contributed by atoms with van der Waals surface area (Å²) in [6.07, 6.45) is 3.37. The molecule has 0 spiro atoms. The van der Waals surface area contributed by atoms with Gasteiger partial charge in [0.05, 0.1) is 0 Å². The molecule has 2 heterocycles. The predicted molar refractivity (Wildman–Crippen MR) is 76.0 cm³/mol. The van der Waals surface area contributed by atoms with Crippen LogP contribution in [0.3, 0.4) is 0 Å². The van der Waals surface area contributed by atoms with Gasteiger partial charge < -0.3 is 35.5 Å². The first-order valence-electron chi connectivity index (χ1n) is 4.84. The van der Waals surface area contributed by atoms with Crippen molar-refractivity contribution in [2.24, 2.45) is 0 Å². The zero-order valence-corrected chi connectivity index (χ0v) is 15.5. The fourth-order valence-corrected chi connectivity index (χ4v) is 0.973. The molecule has 0 radical (unpaired) electrons. The van der Waals surface area contributed by atoms with Gasteiger partial charge in [0.1, 0.15) is 0 Å². The van der Waals surface area contributed by atoms with Crippen molar-refractivity contribution in [3.8, 4) is 0 Å². The Balaban J connectivity index is -0.000000205. The average molecular weight is 350 g/mol. The second-order valence-electron chi connectivity index (χ2n) is 2.34. The second kappa shape index (κ2) is 19.6. The van der Waals surface area contributed by atoms with E-state index >= 15 is 0 Å². The van der Waals surface area contributed by atoms with Gasteiger partial charge in [0.25, 0.3) is 0 Å². The molecule has 2 aromatic heterocycles. The second-order valence-corrected chi connectivity index (χ2v) is 3.17. The summed E-state index contributed by atoms with van der Waals surface area (Å²) in [5.41, 5.74) is 0. The summed E-state index contributed by atoms with van der Waals surface area (Å²) in [5.74, 6) is 0. The van der Waals surface area contributed by atoms with Gasteiger partial charge in [0.2, 0.25) is 0 Å². The van der Waals surface area contributed by atoms with Gasteiger partial charge in [-0.15, -0.1) is 0 Å². The Morgan fingerprint density at radius 3 is 1.16 bits per heavy atom. The molecule has 2 aromatic rings. The van der Waals surface area contributed by atoms with Gasteiger partial charge in [-0.05, 0) is 12.1 Å². The summed E-state index contributed by atoms with van der Waals surface area (Å²) in [6, 6.07) is 11.0. The minimum Gasteiger partial charge on any atom is -0.760 e. The van der Waals surface area contributed by atoms with Crippen molar-refractivity contribution in [1.29, 1.82) is 0 Å². The zero-order chi connectivity index (χ0) is 14.2. The van der Waals surface area contributed by atoms with E-state index in [4.69, 9.17) is 35.5 Å². The largest absolute Gasteiger partial charge is 2.00 e. The molecule has 0 aliphatic rings. The molecular formula is C12H16N2O2S2Zn. The summed E-state index contributed by atoms with van der Waals surface area (Å²) in [5, 5.41) is 15.3. The van der Waals surface area contributed by atoms with E-state index in [0.29, 0.717) is 10.1 Å². The van der Waals surface area contributed by atoms with Crippen LogP contribution in [0, 0.1) is 0 Å². The molecule has 4 nitrogen and oxygen atoms in total. The molecular weight excluding hydrogens is 334 g/mol. The molecule has 2 N–H and O–H groups in total. The fourth-order valence-electron chi connectivity index (χ4n) is 0.694. The predicted octanol–water partition coefficient (Wildman–Crippen LogP) is 1.19. The number of aliphatic hydroxyl groups excluding tert-OH is 2. The van der Waals surface area contributed by atoms with Crippen LogP contribution in [-0.4, -0.2) is 34.4 Å². The van der Waals surface area contributed by atoms with E-state index in [0.717, 1.165) is 14.2 Å². The Labute approximate surface area is 137 Å². The molecule has 7 heteroatoms. The van der Waals surface area contributed by atoms with Crippen LogP contribution in [-0.2, 0) is 44.7 Å². The van der Waals surface area contributed by atoms with Crippen molar-refractivity contribution >= 4 is 25.3 Å². The van der Waals surface area contributed by atoms with E-state index in [-0.39, 0.29) is 19.5 Å². The summed E-state index contributed by atoms with van der Waals surface area (Å²) >= 11 is 9.40. The number of aliphatic hydroxyl groups is 2. The molecule has 0 amide bonds. The van der Waals surface area contributed by atoms with E-state index in [9.17, 15) is 0 Å². The van der Waals surface area contributed by atoms with Gasteiger partial charge in [-0.1, -0.05) is 34.3 Å². The first-order valence-corrected chi connectivity index (χ1v) is 5.66. The quantitative estimate of drug-likeness (QED) is 0.550. The summed E-state index contributed by atoms with van der Waals surface area (Å²) in [6.45, 7) is 0. The molecule has 0 aromatic carbocycles. The molecule has 0 bridgehead atoms. The molecule has 0 saturated carbocycles. The van der Waals surface area contributed by atoms with Crippen LogP contribution in [0.25, 0.3) is 0 Å². The summed E-state index contributed by atoms with van der Waals surface area (Å²) in [4.78, 5) is 7.59. The van der Waals surface area contributed by atoms with E-state index in [2.05, 4.69) is 9.97 Å². The van der Waals surface area contributed by atoms with Gasteiger partial charge >= 0.3 is 19.5 Å². The third kappa shape index (κ3) is 17.3. The Morgan fingerprint density at radius 2 is 1.05 bits per heavy atom. The monoisotopic (exact) mass is 348 g/mol. The Bertz CT molecular complexity index is 329. The van der Waals surface area contributed by atoms with Crippen LogP contribution in [0.15, 0.2) is 58.8 Å². The third-order valence-electron chi connectivity index (χ3n) is 1.28. The number of hydrogen-bond donors (Lipinski definition) is 2. The van der Waals surface area contributed by atoms with Gasteiger partial charge in [0, 0.05) is 26.6 Å². The van der Waals surface area contributed by atoms with E-state index in [1.54, 1.807) is 24.5 Å². The summed E-state index contributed by atoms with van der Waals surface area (Å²) < 4.78 is 0. The van der Waals surface area contributed by atoms with Crippen molar-refractivity contribution in [1.82, 2.24) is 9.97 Å². The Morgan fingerprint density at radius 1 is 0.737 bits per heavy atom.